The molecule has 4 aromatic rings. The molecule has 0 N–H and O–H groups in total. The molecular formula is C22H23N5O2. The zero-order chi connectivity index (χ0) is 19.8. The molecule has 1 saturated carbocycles. The van der Waals surface area contributed by atoms with Gasteiger partial charge in [-0.1, -0.05) is 19.4 Å². The van der Waals surface area contributed by atoms with E-state index in [0.717, 1.165) is 47.9 Å². The predicted octanol–water partition coefficient (Wildman–Crippen LogP) is 3.76. The fraction of sp³-hybridized carbons (Fsp3) is 0.364. The van der Waals surface area contributed by atoms with Crippen molar-refractivity contribution in [3.05, 3.63) is 59.5 Å². The van der Waals surface area contributed by atoms with E-state index in [1.165, 1.54) is 5.56 Å². The SMILES string of the molecule is CCc1ccc2c(c1)cc(CN(Cc1ccco1)C(=O)C1CCC1)c1nnnn12. The predicted molar refractivity (Wildman–Crippen MR) is 108 cm³/mol. The summed E-state index contributed by atoms with van der Waals surface area (Å²) < 4.78 is 7.28. The first-order valence-corrected chi connectivity index (χ1v) is 10.2. The Morgan fingerprint density at radius 1 is 1.24 bits per heavy atom. The first kappa shape index (κ1) is 17.8. The van der Waals surface area contributed by atoms with Crippen LogP contribution in [0.15, 0.2) is 47.1 Å². The molecule has 0 bridgehead atoms. The van der Waals surface area contributed by atoms with Crippen molar-refractivity contribution in [1.82, 2.24) is 24.9 Å². The maximum atomic E-state index is 13.1. The van der Waals surface area contributed by atoms with E-state index in [4.69, 9.17) is 4.42 Å². The van der Waals surface area contributed by atoms with Crippen LogP contribution < -0.4 is 0 Å². The lowest BCUT2D eigenvalue weighted by molar-refractivity contribution is -0.139. The van der Waals surface area contributed by atoms with E-state index in [1.807, 2.05) is 17.0 Å². The highest BCUT2D eigenvalue weighted by atomic mass is 16.3. The van der Waals surface area contributed by atoms with Crippen LogP contribution in [0.1, 0.15) is 43.1 Å². The third kappa shape index (κ3) is 3.26. The standard InChI is InChI=1S/C22H23N5O2/c1-2-15-8-9-20-17(11-15)12-18(21-23-24-25-27(20)21)13-26(14-19-7-4-10-29-19)22(28)16-5-3-6-16/h4,7-12,16H,2-3,5-6,13-14H2,1H3. The number of benzene rings is 1. The van der Waals surface area contributed by atoms with Crippen LogP contribution in [0.25, 0.3) is 16.6 Å². The fourth-order valence-corrected chi connectivity index (χ4v) is 3.97. The van der Waals surface area contributed by atoms with E-state index in [1.54, 1.807) is 10.8 Å². The van der Waals surface area contributed by atoms with Crippen LogP contribution in [0.2, 0.25) is 0 Å². The number of aromatic nitrogens is 4. The minimum Gasteiger partial charge on any atom is -0.467 e. The topological polar surface area (TPSA) is 76.5 Å². The molecule has 7 heteroatoms. The second-order valence-electron chi connectivity index (χ2n) is 7.73. The molecule has 3 heterocycles. The number of pyridine rings is 1. The van der Waals surface area contributed by atoms with Crippen LogP contribution >= 0.6 is 0 Å². The van der Waals surface area contributed by atoms with Gasteiger partial charge in [-0.15, -0.1) is 5.10 Å². The number of hydrogen-bond donors (Lipinski definition) is 0. The van der Waals surface area contributed by atoms with Crippen molar-refractivity contribution < 1.29 is 9.21 Å². The van der Waals surface area contributed by atoms with Gasteiger partial charge in [0, 0.05) is 23.4 Å². The Kier molecular flexibility index (Phi) is 4.50. The Morgan fingerprint density at radius 3 is 2.86 bits per heavy atom. The van der Waals surface area contributed by atoms with E-state index in [9.17, 15) is 4.79 Å². The first-order chi connectivity index (χ1) is 14.2. The van der Waals surface area contributed by atoms with Crippen molar-refractivity contribution in [3.63, 3.8) is 0 Å². The summed E-state index contributed by atoms with van der Waals surface area (Å²) in [5.74, 6) is 1.08. The molecule has 0 atom stereocenters. The quantitative estimate of drug-likeness (QED) is 0.502. The molecule has 0 aliphatic heterocycles. The number of furan rings is 1. The summed E-state index contributed by atoms with van der Waals surface area (Å²) in [4.78, 5) is 15.0. The molecule has 29 heavy (non-hydrogen) atoms. The van der Waals surface area contributed by atoms with E-state index in [-0.39, 0.29) is 11.8 Å². The molecule has 7 nitrogen and oxygen atoms in total. The highest BCUT2D eigenvalue weighted by molar-refractivity contribution is 5.84. The minimum atomic E-state index is 0.115. The number of rotatable bonds is 6. The van der Waals surface area contributed by atoms with Gasteiger partial charge in [-0.2, -0.15) is 4.52 Å². The third-order valence-corrected chi connectivity index (χ3v) is 5.87. The van der Waals surface area contributed by atoms with Crippen molar-refractivity contribution >= 4 is 22.5 Å². The van der Waals surface area contributed by atoms with Gasteiger partial charge in [-0.05, 0) is 65.6 Å². The summed E-state index contributed by atoms with van der Waals surface area (Å²) in [7, 11) is 0. The highest BCUT2D eigenvalue weighted by Crippen LogP contribution is 2.30. The van der Waals surface area contributed by atoms with Gasteiger partial charge in [-0.25, -0.2) is 0 Å². The summed E-state index contributed by atoms with van der Waals surface area (Å²) in [6.07, 6.45) is 5.66. The van der Waals surface area contributed by atoms with E-state index in [0.29, 0.717) is 18.7 Å². The number of nitrogens with zero attached hydrogens (tertiary/aromatic N) is 5. The average molecular weight is 389 g/mol. The molecular weight excluding hydrogens is 366 g/mol. The van der Waals surface area contributed by atoms with Crippen LogP contribution in [0.5, 0.6) is 0 Å². The number of carbonyl (C=O) groups is 1. The summed E-state index contributed by atoms with van der Waals surface area (Å²) in [6.45, 7) is 3.04. The summed E-state index contributed by atoms with van der Waals surface area (Å²) >= 11 is 0. The second kappa shape index (κ2) is 7.31. The second-order valence-corrected chi connectivity index (χ2v) is 7.73. The Labute approximate surface area is 168 Å². The number of aryl methyl sites for hydroxylation is 1. The van der Waals surface area contributed by atoms with Crippen molar-refractivity contribution in [1.29, 1.82) is 0 Å². The number of carbonyl (C=O) groups excluding carboxylic acids is 1. The average Bonchev–Trinajstić information content (AvgIpc) is 3.37. The van der Waals surface area contributed by atoms with E-state index >= 15 is 0 Å². The lowest BCUT2D eigenvalue weighted by Crippen LogP contribution is -2.38. The number of fused-ring (bicyclic) bond motifs is 3. The molecule has 3 aromatic heterocycles. The fourth-order valence-electron chi connectivity index (χ4n) is 3.97. The van der Waals surface area contributed by atoms with Gasteiger partial charge >= 0.3 is 0 Å². The molecule has 148 valence electrons. The van der Waals surface area contributed by atoms with Crippen molar-refractivity contribution in [3.8, 4) is 0 Å². The van der Waals surface area contributed by atoms with Crippen molar-refractivity contribution in [2.45, 2.75) is 45.7 Å². The van der Waals surface area contributed by atoms with Crippen LogP contribution in [0.4, 0.5) is 0 Å². The summed E-state index contributed by atoms with van der Waals surface area (Å²) in [5.41, 5.74) is 3.85. The van der Waals surface area contributed by atoms with Gasteiger partial charge in [0.15, 0.2) is 5.65 Å². The van der Waals surface area contributed by atoms with Crippen LogP contribution in [0, 0.1) is 5.92 Å². The zero-order valence-electron chi connectivity index (χ0n) is 16.4. The van der Waals surface area contributed by atoms with Crippen LogP contribution in [-0.4, -0.2) is 30.8 Å². The number of tetrazole rings is 1. The maximum Gasteiger partial charge on any atom is 0.226 e. The monoisotopic (exact) mass is 389 g/mol. The summed E-state index contributed by atoms with van der Waals surface area (Å²) in [5, 5.41) is 13.4. The lowest BCUT2D eigenvalue weighted by atomic mass is 9.84. The van der Waals surface area contributed by atoms with Crippen molar-refractivity contribution in [2.75, 3.05) is 0 Å². The molecule has 0 saturated heterocycles. The van der Waals surface area contributed by atoms with Crippen LogP contribution in [-0.2, 0) is 24.3 Å². The molecule has 0 spiro atoms. The van der Waals surface area contributed by atoms with Crippen molar-refractivity contribution in [2.24, 2.45) is 5.92 Å². The maximum absolute atomic E-state index is 13.1. The normalized spacial score (nSPS) is 14.4. The molecule has 1 aromatic carbocycles. The van der Waals surface area contributed by atoms with Gasteiger partial charge < -0.3 is 9.32 Å². The molecule has 1 amide bonds. The minimum absolute atomic E-state index is 0.115. The Hall–Kier alpha value is -3.22. The van der Waals surface area contributed by atoms with E-state index < -0.39 is 0 Å². The summed E-state index contributed by atoms with van der Waals surface area (Å²) in [6, 6.07) is 12.2. The molecule has 5 rings (SSSR count). The Balaban J connectivity index is 1.55. The molecule has 1 aliphatic rings. The van der Waals surface area contributed by atoms with Gasteiger partial charge in [0.2, 0.25) is 5.91 Å². The van der Waals surface area contributed by atoms with Gasteiger partial charge in [-0.3, -0.25) is 4.79 Å². The van der Waals surface area contributed by atoms with Crippen LogP contribution in [0.3, 0.4) is 0 Å². The van der Waals surface area contributed by atoms with E-state index in [2.05, 4.69) is 46.7 Å². The third-order valence-electron chi connectivity index (χ3n) is 5.87. The first-order valence-electron chi connectivity index (χ1n) is 10.2. The molecule has 0 radical (unpaired) electrons. The molecule has 1 aliphatic carbocycles. The Morgan fingerprint density at radius 2 is 2.14 bits per heavy atom. The largest absolute Gasteiger partial charge is 0.467 e. The number of amides is 1. The van der Waals surface area contributed by atoms with Gasteiger partial charge in [0.1, 0.15) is 5.76 Å². The highest BCUT2D eigenvalue weighted by Gasteiger charge is 2.30. The lowest BCUT2D eigenvalue weighted by Gasteiger charge is -2.31. The van der Waals surface area contributed by atoms with Gasteiger partial charge in [0.05, 0.1) is 18.3 Å². The smallest absolute Gasteiger partial charge is 0.226 e. The van der Waals surface area contributed by atoms with Gasteiger partial charge in [0.25, 0.3) is 0 Å². The number of hydrogen-bond acceptors (Lipinski definition) is 5. The Bertz CT molecular complexity index is 1160. The molecule has 0 unspecified atom stereocenters. The zero-order valence-corrected chi connectivity index (χ0v) is 16.4. The molecule has 1 fully saturated rings.